The van der Waals surface area contributed by atoms with Crippen LogP contribution >= 0.6 is 0 Å². The Bertz CT molecular complexity index is 355. The maximum atomic E-state index is 11.8. The highest BCUT2D eigenvalue weighted by atomic mass is 16.6. The van der Waals surface area contributed by atoms with Gasteiger partial charge in [-0.25, -0.2) is 4.79 Å². The number of nitrogens with zero attached hydrogens (tertiary/aromatic N) is 2. The lowest BCUT2D eigenvalue weighted by Gasteiger charge is -2.45. The third-order valence-electron chi connectivity index (χ3n) is 5.49. The van der Waals surface area contributed by atoms with E-state index in [0.717, 1.165) is 25.9 Å². The van der Waals surface area contributed by atoms with Gasteiger partial charge in [0, 0.05) is 38.3 Å². The minimum Gasteiger partial charge on any atom is -0.450 e. The second-order valence-corrected chi connectivity index (χ2v) is 6.58. The van der Waals surface area contributed by atoms with E-state index in [1.165, 1.54) is 25.7 Å². The number of rotatable bonds is 3. The molecule has 3 aliphatic rings. The molecule has 1 amide bonds. The first-order valence-electron chi connectivity index (χ1n) is 8.44. The Balaban J connectivity index is 1.54. The lowest BCUT2D eigenvalue weighted by Crippen LogP contribution is -2.54. The summed E-state index contributed by atoms with van der Waals surface area (Å²) in [6, 6.07) is 2.05. The smallest absolute Gasteiger partial charge is 0.409 e. The van der Waals surface area contributed by atoms with E-state index in [-0.39, 0.29) is 6.09 Å². The van der Waals surface area contributed by atoms with Gasteiger partial charge in [-0.3, -0.25) is 4.90 Å². The van der Waals surface area contributed by atoms with Gasteiger partial charge in [0.25, 0.3) is 0 Å². The molecule has 120 valence electrons. The Morgan fingerprint density at radius 2 is 1.67 bits per heavy atom. The molecular weight excluding hydrogens is 268 g/mol. The van der Waals surface area contributed by atoms with Crippen molar-refractivity contribution in [3.8, 4) is 0 Å². The largest absolute Gasteiger partial charge is 0.450 e. The number of carbonyl (C=O) groups excluding carboxylic acids is 1. The summed E-state index contributed by atoms with van der Waals surface area (Å²) in [6.07, 6.45) is 7.50. The van der Waals surface area contributed by atoms with E-state index in [0.29, 0.717) is 30.8 Å². The fourth-order valence-corrected chi connectivity index (χ4v) is 4.51. The minimum absolute atomic E-state index is 0.142. The first-order valence-corrected chi connectivity index (χ1v) is 8.44. The summed E-state index contributed by atoms with van der Waals surface area (Å²) in [4.78, 5) is 16.4. The molecule has 3 fully saturated rings. The molecular formula is C16H28N2O3. The summed E-state index contributed by atoms with van der Waals surface area (Å²) >= 11 is 0. The van der Waals surface area contributed by atoms with E-state index in [2.05, 4.69) is 4.90 Å². The second kappa shape index (κ2) is 6.53. The number of carbonyl (C=O) groups is 1. The molecule has 5 nitrogen and oxygen atoms in total. The summed E-state index contributed by atoms with van der Waals surface area (Å²) < 4.78 is 10.7. The monoisotopic (exact) mass is 296 g/mol. The number of ether oxygens (including phenoxy) is 2. The van der Waals surface area contributed by atoms with Crippen LogP contribution in [0.2, 0.25) is 0 Å². The predicted octanol–water partition coefficient (Wildman–Crippen LogP) is 2.25. The molecule has 3 atom stereocenters. The summed E-state index contributed by atoms with van der Waals surface area (Å²) in [5.74, 6) is 0. The molecule has 5 heteroatoms. The van der Waals surface area contributed by atoms with Gasteiger partial charge in [-0.1, -0.05) is 0 Å². The number of methoxy groups -OCH3 is 1. The number of fused-ring (bicyclic) bond motifs is 2. The van der Waals surface area contributed by atoms with Gasteiger partial charge in [0.1, 0.15) is 0 Å². The van der Waals surface area contributed by atoms with Crippen LogP contribution in [0.4, 0.5) is 4.79 Å². The molecule has 0 aromatic heterocycles. The standard InChI is InChI=1S/C16H28N2O3/c1-3-21-16(19)17-8-6-12(7-9-17)18-13-4-5-14(18)11-15(10-13)20-2/h12-15H,3-11H2,1-2H3/t13-,14+,15?. The van der Waals surface area contributed by atoms with E-state index in [1.807, 2.05) is 18.9 Å². The zero-order valence-corrected chi connectivity index (χ0v) is 13.3. The first kappa shape index (κ1) is 15.1. The van der Waals surface area contributed by atoms with Crippen LogP contribution < -0.4 is 0 Å². The normalized spacial score (nSPS) is 34.2. The van der Waals surface area contributed by atoms with Crippen molar-refractivity contribution in [1.29, 1.82) is 0 Å². The van der Waals surface area contributed by atoms with E-state index >= 15 is 0 Å². The molecule has 0 aromatic rings. The number of amides is 1. The number of piperidine rings is 2. The quantitative estimate of drug-likeness (QED) is 0.801. The molecule has 0 radical (unpaired) electrons. The van der Waals surface area contributed by atoms with E-state index in [4.69, 9.17) is 9.47 Å². The molecule has 3 aliphatic heterocycles. The summed E-state index contributed by atoms with van der Waals surface area (Å²) in [5, 5.41) is 0. The van der Waals surface area contributed by atoms with Crippen molar-refractivity contribution in [3.05, 3.63) is 0 Å². The molecule has 0 saturated carbocycles. The average Bonchev–Trinajstić information content (AvgIpc) is 2.77. The van der Waals surface area contributed by atoms with Crippen LogP contribution in [-0.4, -0.2) is 66.9 Å². The van der Waals surface area contributed by atoms with Gasteiger partial charge in [-0.15, -0.1) is 0 Å². The van der Waals surface area contributed by atoms with Gasteiger partial charge in [0.2, 0.25) is 0 Å². The zero-order valence-electron chi connectivity index (χ0n) is 13.3. The van der Waals surface area contributed by atoms with Gasteiger partial charge in [0.05, 0.1) is 12.7 Å². The molecule has 0 N–H and O–H groups in total. The molecule has 0 spiro atoms. The minimum atomic E-state index is -0.142. The Labute approximate surface area is 127 Å². The zero-order chi connectivity index (χ0) is 14.8. The van der Waals surface area contributed by atoms with E-state index in [9.17, 15) is 4.79 Å². The summed E-state index contributed by atoms with van der Waals surface area (Å²) in [6.45, 7) is 4.01. The van der Waals surface area contributed by atoms with Crippen molar-refractivity contribution in [2.24, 2.45) is 0 Å². The van der Waals surface area contributed by atoms with Crippen LogP contribution in [0.1, 0.15) is 45.4 Å². The van der Waals surface area contributed by atoms with Gasteiger partial charge in [-0.2, -0.15) is 0 Å². The topological polar surface area (TPSA) is 42.0 Å². The SMILES string of the molecule is CCOC(=O)N1CCC(N2[C@@H]3CC[C@H]2CC(OC)C3)CC1. The Morgan fingerprint density at radius 1 is 1.05 bits per heavy atom. The third-order valence-corrected chi connectivity index (χ3v) is 5.49. The van der Waals surface area contributed by atoms with Crippen LogP contribution in [0.25, 0.3) is 0 Å². The number of hydrogen-bond acceptors (Lipinski definition) is 4. The van der Waals surface area contributed by atoms with Crippen LogP contribution in [0, 0.1) is 0 Å². The maximum Gasteiger partial charge on any atom is 0.409 e. The van der Waals surface area contributed by atoms with Crippen molar-refractivity contribution >= 4 is 6.09 Å². The van der Waals surface area contributed by atoms with E-state index < -0.39 is 0 Å². The highest BCUT2D eigenvalue weighted by molar-refractivity contribution is 5.67. The fourth-order valence-electron chi connectivity index (χ4n) is 4.51. The van der Waals surface area contributed by atoms with Gasteiger partial charge < -0.3 is 14.4 Å². The van der Waals surface area contributed by atoms with Crippen molar-refractivity contribution in [2.75, 3.05) is 26.8 Å². The molecule has 2 bridgehead atoms. The van der Waals surface area contributed by atoms with Crippen molar-refractivity contribution in [1.82, 2.24) is 9.80 Å². The van der Waals surface area contributed by atoms with Gasteiger partial charge in [0.15, 0.2) is 0 Å². The van der Waals surface area contributed by atoms with Gasteiger partial charge in [-0.05, 0) is 45.4 Å². The van der Waals surface area contributed by atoms with Crippen molar-refractivity contribution < 1.29 is 14.3 Å². The average molecular weight is 296 g/mol. The van der Waals surface area contributed by atoms with Crippen LogP contribution in [0.3, 0.4) is 0 Å². The molecule has 0 aromatic carbocycles. The molecule has 21 heavy (non-hydrogen) atoms. The van der Waals surface area contributed by atoms with E-state index in [1.54, 1.807) is 0 Å². The Kier molecular flexibility index (Phi) is 4.69. The second-order valence-electron chi connectivity index (χ2n) is 6.58. The molecule has 0 aliphatic carbocycles. The summed E-state index contributed by atoms with van der Waals surface area (Å²) in [5.41, 5.74) is 0. The van der Waals surface area contributed by atoms with Crippen molar-refractivity contribution in [3.63, 3.8) is 0 Å². The summed E-state index contributed by atoms with van der Waals surface area (Å²) in [7, 11) is 1.84. The maximum absolute atomic E-state index is 11.8. The third kappa shape index (κ3) is 3.04. The van der Waals surface area contributed by atoms with Crippen LogP contribution in [0.15, 0.2) is 0 Å². The lowest BCUT2D eigenvalue weighted by molar-refractivity contribution is -0.0247. The van der Waals surface area contributed by atoms with Crippen LogP contribution in [-0.2, 0) is 9.47 Å². The molecule has 3 heterocycles. The molecule has 3 rings (SSSR count). The highest BCUT2D eigenvalue weighted by Gasteiger charge is 2.44. The Hall–Kier alpha value is -0.810. The highest BCUT2D eigenvalue weighted by Crippen LogP contribution is 2.40. The van der Waals surface area contributed by atoms with Crippen molar-refractivity contribution in [2.45, 2.75) is 69.7 Å². The Morgan fingerprint density at radius 3 is 2.19 bits per heavy atom. The fraction of sp³-hybridized carbons (Fsp3) is 0.938. The predicted molar refractivity (Wildman–Crippen MR) is 80.3 cm³/mol. The van der Waals surface area contributed by atoms with Gasteiger partial charge >= 0.3 is 6.09 Å². The first-order chi connectivity index (χ1) is 10.2. The lowest BCUT2D eigenvalue weighted by atomic mass is 9.93. The number of likely N-dealkylation sites (tertiary alicyclic amines) is 1. The van der Waals surface area contributed by atoms with Crippen LogP contribution in [0.5, 0.6) is 0 Å². The molecule has 1 unspecified atom stereocenters. The number of hydrogen-bond donors (Lipinski definition) is 0. The molecule has 3 saturated heterocycles.